The lowest BCUT2D eigenvalue weighted by Crippen LogP contribution is -2.13. The summed E-state index contributed by atoms with van der Waals surface area (Å²) in [6, 6.07) is 8.38. The Balaban J connectivity index is 1.77. The molecule has 3 N–H and O–H groups in total. The summed E-state index contributed by atoms with van der Waals surface area (Å²) in [5.41, 5.74) is 6.95. The SMILES string of the molecule is Nc1ccc(C(=O)Nc2ccc3c(c2)OCO3)nc1. The number of nitrogens with two attached hydrogens (primary N) is 1. The zero-order chi connectivity index (χ0) is 13.2. The Morgan fingerprint density at radius 3 is 2.84 bits per heavy atom. The van der Waals surface area contributed by atoms with Crippen molar-refractivity contribution in [3.05, 3.63) is 42.2 Å². The van der Waals surface area contributed by atoms with E-state index in [9.17, 15) is 4.79 Å². The summed E-state index contributed by atoms with van der Waals surface area (Å²) < 4.78 is 10.4. The van der Waals surface area contributed by atoms with Gasteiger partial charge in [-0.15, -0.1) is 0 Å². The molecule has 96 valence electrons. The van der Waals surface area contributed by atoms with Gasteiger partial charge in [-0.25, -0.2) is 4.98 Å². The van der Waals surface area contributed by atoms with Gasteiger partial charge in [-0.05, 0) is 24.3 Å². The zero-order valence-corrected chi connectivity index (χ0v) is 9.92. The molecular formula is C13H11N3O3. The van der Waals surface area contributed by atoms with E-state index in [2.05, 4.69) is 10.3 Å². The lowest BCUT2D eigenvalue weighted by atomic mass is 10.2. The lowest BCUT2D eigenvalue weighted by molar-refractivity contribution is 0.102. The molecule has 0 spiro atoms. The van der Waals surface area contributed by atoms with Crippen LogP contribution < -0.4 is 20.5 Å². The van der Waals surface area contributed by atoms with Gasteiger partial charge in [0.1, 0.15) is 5.69 Å². The van der Waals surface area contributed by atoms with Crippen LogP contribution in [0.25, 0.3) is 0 Å². The summed E-state index contributed by atoms with van der Waals surface area (Å²) in [4.78, 5) is 15.9. The molecule has 0 saturated heterocycles. The molecule has 0 aliphatic carbocycles. The number of nitrogens with zero attached hydrogens (tertiary/aromatic N) is 1. The zero-order valence-electron chi connectivity index (χ0n) is 9.92. The summed E-state index contributed by atoms with van der Waals surface area (Å²) in [6.07, 6.45) is 1.44. The van der Waals surface area contributed by atoms with Crippen LogP contribution in [0.5, 0.6) is 11.5 Å². The highest BCUT2D eigenvalue weighted by Gasteiger charge is 2.14. The third-order valence-electron chi connectivity index (χ3n) is 2.65. The van der Waals surface area contributed by atoms with E-state index in [1.165, 1.54) is 6.20 Å². The molecule has 19 heavy (non-hydrogen) atoms. The number of benzene rings is 1. The van der Waals surface area contributed by atoms with Crippen molar-refractivity contribution in [2.75, 3.05) is 17.8 Å². The third-order valence-corrected chi connectivity index (χ3v) is 2.65. The second-order valence-electron chi connectivity index (χ2n) is 4.00. The van der Waals surface area contributed by atoms with E-state index in [1.807, 2.05) is 0 Å². The van der Waals surface area contributed by atoms with E-state index in [-0.39, 0.29) is 12.7 Å². The van der Waals surface area contributed by atoms with Crippen molar-refractivity contribution in [1.29, 1.82) is 0 Å². The molecule has 1 aliphatic rings. The number of hydrogen-bond acceptors (Lipinski definition) is 5. The quantitative estimate of drug-likeness (QED) is 0.854. The predicted molar refractivity (Wildman–Crippen MR) is 69.2 cm³/mol. The summed E-state index contributed by atoms with van der Waals surface area (Å²) in [5, 5.41) is 2.73. The third kappa shape index (κ3) is 2.28. The maximum absolute atomic E-state index is 11.9. The summed E-state index contributed by atoms with van der Waals surface area (Å²) in [6.45, 7) is 0.201. The molecule has 0 bridgehead atoms. The van der Waals surface area contributed by atoms with Crippen LogP contribution in [0, 0.1) is 0 Å². The number of rotatable bonds is 2. The first kappa shape index (κ1) is 11.3. The number of amides is 1. The highest BCUT2D eigenvalue weighted by molar-refractivity contribution is 6.03. The smallest absolute Gasteiger partial charge is 0.274 e. The number of fused-ring (bicyclic) bond motifs is 1. The van der Waals surface area contributed by atoms with Crippen molar-refractivity contribution >= 4 is 17.3 Å². The van der Waals surface area contributed by atoms with E-state index < -0.39 is 0 Å². The van der Waals surface area contributed by atoms with Crippen LogP contribution in [0.3, 0.4) is 0 Å². The maximum Gasteiger partial charge on any atom is 0.274 e. The highest BCUT2D eigenvalue weighted by atomic mass is 16.7. The van der Waals surface area contributed by atoms with Crippen LogP contribution in [-0.2, 0) is 0 Å². The molecule has 0 saturated carbocycles. The Hall–Kier alpha value is -2.76. The van der Waals surface area contributed by atoms with Crippen molar-refractivity contribution < 1.29 is 14.3 Å². The molecular weight excluding hydrogens is 246 g/mol. The van der Waals surface area contributed by atoms with Crippen molar-refractivity contribution in [3.8, 4) is 11.5 Å². The number of ether oxygens (including phenoxy) is 2. The Labute approximate surface area is 109 Å². The standard InChI is InChI=1S/C13H11N3O3/c14-8-1-3-10(15-6-8)13(17)16-9-2-4-11-12(5-9)19-7-18-11/h1-6H,7,14H2,(H,16,17). The molecule has 0 radical (unpaired) electrons. The van der Waals surface area contributed by atoms with Crippen LogP contribution in [0.15, 0.2) is 36.5 Å². The molecule has 6 heteroatoms. The van der Waals surface area contributed by atoms with E-state index in [0.29, 0.717) is 28.6 Å². The molecule has 0 fully saturated rings. The van der Waals surface area contributed by atoms with Gasteiger partial charge in [0.15, 0.2) is 11.5 Å². The van der Waals surface area contributed by atoms with Crippen LogP contribution in [0.1, 0.15) is 10.5 Å². The summed E-state index contributed by atoms with van der Waals surface area (Å²) >= 11 is 0. The van der Waals surface area contributed by atoms with E-state index in [1.54, 1.807) is 30.3 Å². The van der Waals surface area contributed by atoms with Gasteiger partial charge in [0.25, 0.3) is 5.91 Å². The molecule has 1 amide bonds. The van der Waals surface area contributed by atoms with Crippen molar-refractivity contribution in [3.63, 3.8) is 0 Å². The van der Waals surface area contributed by atoms with Crippen LogP contribution in [-0.4, -0.2) is 17.7 Å². The fraction of sp³-hybridized carbons (Fsp3) is 0.0769. The van der Waals surface area contributed by atoms with Crippen LogP contribution in [0.2, 0.25) is 0 Å². The molecule has 2 heterocycles. The van der Waals surface area contributed by atoms with Gasteiger partial charge in [-0.1, -0.05) is 0 Å². The summed E-state index contributed by atoms with van der Waals surface area (Å²) in [5.74, 6) is 0.977. The van der Waals surface area contributed by atoms with Gasteiger partial charge >= 0.3 is 0 Å². The Morgan fingerprint density at radius 1 is 1.21 bits per heavy atom. The predicted octanol–water partition coefficient (Wildman–Crippen LogP) is 1.64. The molecule has 6 nitrogen and oxygen atoms in total. The average molecular weight is 257 g/mol. The summed E-state index contributed by atoms with van der Waals surface area (Å²) in [7, 11) is 0. The van der Waals surface area contributed by atoms with Gasteiger partial charge in [0, 0.05) is 11.8 Å². The molecule has 1 aliphatic heterocycles. The lowest BCUT2D eigenvalue weighted by Gasteiger charge is -2.05. The van der Waals surface area contributed by atoms with Crippen LogP contribution >= 0.6 is 0 Å². The first-order valence-corrected chi connectivity index (χ1v) is 5.65. The van der Waals surface area contributed by atoms with Crippen molar-refractivity contribution in [2.45, 2.75) is 0 Å². The Kier molecular flexibility index (Phi) is 2.68. The fourth-order valence-corrected chi connectivity index (χ4v) is 1.71. The van der Waals surface area contributed by atoms with Crippen molar-refractivity contribution in [1.82, 2.24) is 4.98 Å². The second kappa shape index (κ2) is 4.49. The van der Waals surface area contributed by atoms with Crippen LogP contribution in [0.4, 0.5) is 11.4 Å². The molecule has 0 unspecified atom stereocenters. The normalized spacial score (nSPS) is 12.2. The average Bonchev–Trinajstić information content (AvgIpc) is 2.87. The second-order valence-corrected chi connectivity index (χ2v) is 4.00. The molecule has 2 aromatic rings. The number of nitrogen functional groups attached to an aromatic ring is 1. The Morgan fingerprint density at radius 2 is 2.05 bits per heavy atom. The number of hydrogen-bond donors (Lipinski definition) is 2. The molecule has 3 rings (SSSR count). The monoisotopic (exact) mass is 257 g/mol. The highest BCUT2D eigenvalue weighted by Crippen LogP contribution is 2.34. The van der Waals surface area contributed by atoms with Crippen molar-refractivity contribution in [2.24, 2.45) is 0 Å². The first-order chi connectivity index (χ1) is 9.22. The maximum atomic E-state index is 11.9. The van der Waals surface area contributed by atoms with Gasteiger partial charge in [-0.2, -0.15) is 0 Å². The number of anilines is 2. The minimum atomic E-state index is -0.307. The largest absolute Gasteiger partial charge is 0.454 e. The number of carbonyl (C=O) groups excluding carboxylic acids is 1. The van der Waals surface area contributed by atoms with Gasteiger partial charge < -0.3 is 20.5 Å². The number of nitrogens with one attached hydrogen (secondary N) is 1. The number of carbonyl (C=O) groups is 1. The van der Waals surface area contributed by atoms with Gasteiger partial charge in [0.2, 0.25) is 6.79 Å². The number of aromatic nitrogens is 1. The first-order valence-electron chi connectivity index (χ1n) is 5.65. The minimum Gasteiger partial charge on any atom is -0.454 e. The molecule has 0 atom stereocenters. The molecule has 1 aromatic heterocycles. The molecule has 1 aromatic carbocycles. The van der Waals surface area contributed by atoms with Gasteiger partial charge in [-0.3, -0.25) is 4.79 Å². The number of pyridine rings is 1. The Bertz CT molecular complexity index is 626. The van der Waals surface area contributed by atoms with E-state index in [0.717, 1.165) is 0 Å². The van der Waals surface area contributed by atoms with E-state index >= 15 is 0 Å². The van der Waals surface area contributed by atoms with Gasteiger partial charge in [0.05, 0.1) is 11.9 Å². The topological polar surface area (TPSA) is 86.5 Å². The fourth-order valence-electron chi connectivity index (χ4n) is 1.71. The van der Waals surface area contributed by atoms with E-state index in [4.69, 9.17) is 15.2 Å². The minimum absolute atomic E-state index is 0.201.